The van der Waals surface area contributed by atoms with Gasteiger partial charge >= 0.3 is 21.7 Å². The molecule has 24 heavy (non-hydrogen) atoms. The Morgan fingerprint density at radius 2 is 1.58 bits per heavy atom. The summed E-state index contributed by atoms with van der Waals surface area (Å²) >= 11 is 0. The molecule has 1 N–H and O–H groups in total. The number of hydrogen-bond acceptors (Lipinski definition) is 0. The fraction of sp³-hybridized carbons (Fsp3) is 0.286. The van der Waals surface area contributed by atoms with Crippen LogP contribution in [-0.2, 0) is 21.7 Å². The summed E-state index contributed by atoms with van der Waals surface area (Å²) in [5.41, 5.74) is 8.04. The Kier molecular flexibility index (Phi) is 26.7. The second-order valence-electron chi connectivity index (χ2n) is 5.67. The maximum Gasteiger partial charge on any atom is 4.00 e. The molecule has 0 spiro atoms. The van der Waals surface area contributed by atoms with Crippen molar-refractivity contribution in [3.8, 4) is 0 Å². The van der Waals surface area contributed by atoms with E-state index in [-0.39, 0.29) is 53.1 Å². The van der Waals surface area contributed by atoms with Crippen LogP contribution in [0, 0.1) is 21.8 Å². The van der Waals surface area contributed by atoms with Crippen molar-refractivity contribution in [2.45, 2.75) is 40.2 Å². The standard InChI is InChI=1S/C10H9.C5H8.C4H10N.2CH3.Si.Ti/c1-8-6-9-4-2-3-5-10(9)7-8;1-3-5-4-2;1-4(2,3)5;;;;/h2-7H,1H3;3-5H,1H2,2H3;5H,1-3H3;2*1H3;;/q-1;;3*-1;;+4. The molecule has 4 radical (unpaired) electrons. The van der Waals surface area contributed by atoms with E-state index in [4.69, 9.17) is 5.73 Å². The van der Waals surface area contributed by atoms with Gasteiger partial charge in [0.2, 0.25) is 0 Å². The molecule has 1 nitrogen and oxygen atoms in total. The van der Waals surface area contributed by atoms with Crippen molar-refractivity contribution in [2.75, 3.05) is 0 Å². The summed E-state index contributed by atoms with van der Waals surface area (Å²) in [4.78, 5) is 0. The third kappa shape index (κ3) is 21.2. The fourth-order valence-electron chi connectivity index (χ4n) is 1.44. The van der Waals surface area contributed by atoms with Gasteiger partial charge in [-0.1, -0.05) is 58.6 Å². The molecule has 0 unspecified atom stereocenters. The van der Waals surface area contributed by atoms with Crippen molar-refractivity contribution in [1.82, 2.24) is 0 Å². The zero-order chi connectivity index (χ0) is 15.6. The number of nitrogens with one attached hydrogen (secondary N) is 1. The third-order valence-electron chi connectivity index (χ3n) is 2.09. The molecule has 2 aromatic rings. The van der Waals surface area contributed by atoms with E-state index < -0.39 is 0 Å². The summed E-state index contributed by atoms with van der Waals surface area (Å²) in [5.74, 6) is 0. The van der Waals surface area contributed by atoms with Gasteiger partial charge in [-0.2, -0.15) is 6.07 Å². The smallest absolute Gasteiger partial charge is 0.673 e. The second kappa shape index (κ2) is 18.5. The number of allylic oxidation sites excluding steroid dienone is 3. The Hall–Kier alpha value is -0.799. The molecule has 0 fully saturated rings. The third-order valence-corrected chi connectivity index (χ3v) is 2.09. The molecule has 0 aliphatic heterocycles. The summed E-state index contributed by atoms with van der Waals surface area (Å²) in [7, 11) is 0. The van der Waals surface area contributed by atoms with Crippen molar-refractivity contribution in [1.29, 1.82) is 0 Å². The molecule has 0 amide bonds. The van der Waals surface area contributed by atoms with Crippen molar-refractivity contribution in [3.05, 3.63) is 87.4 Å². The van der Waals surface area contributed by atoms with E-state index in [1.165, 1.54) is 16.3 Å². The molecule has 0 aromatic heterocycles. The van der Waals surface area contributed by atoms with Crippen LogP contribution >= 0.6 is 0 Å². The Bertz CT molecular complexity index is 497. The number of aryl methyl sites for hydroxylation is 1. The van der Waals surface area contributed by atoms with E-state index in [1.807, 2.05) is 39.8 Å². The van der Waals surface area contributed by atoms with E-state index in [0.717, 1.165) is 0 Å². The van der Waals surface area contributed by atoms with Gasteiger partial charge in [-0.15, -0.1) is 46.1 Å². The maximum absolute atomic E-state index is 6.94. The zero-order valence-electron chi connectivity index (χ0n) is 16.4. The van der Waals surface area contributed by atoms with Gasteiger partial charge in [0, 0.05) is 11.0 Å². The van der Waals surface area contributed by atoms with Crippen LogP contribution in [0.2, 0.25) is 0 Å². The van der Waals surface area contributed by atoms with Gasteiger partial charge in [0.05, 0.1) is 0 Å². The monoisotopic (exact) mass is 375 g/mol. The molecule has 0 aliphatic rings. The molecule has 0 saturated carbocycles. The SMILES string of the molecule is C=CC=CC.CC(C)(C)[NH-].Cc1cc2ccccc2[cH-]1.[CH3-].[CH3-].[Si].[Ti+4]. The van der Waals surface area contributed by atoms with Crippen LogP contribution in [0.3, 0.4) is 0 Å². The first-order valence-corrected chi connectivity index (χ1v) is 6.88. The molecular weight excluding hydrogens is 342 g/mol. The summed E-state index contributed by atoms with van der Waals surface area (Å²) in [6.07, 6.45) is 5.58. The molecule has 2 rings (SSSR count). The van der Waals surface area contributed by atoms with Gasteiger partial charge in [-0.3, -0.25) is 0 Å². The van der Waals surface area contributed by atoms with Gasteiger partial charge in [0.25, 0.3) is 0 Å². The average molecular weight is 375 g/mol. The van der Waals surface area contributed by atoms with E-state index in [1.54, 1.807) is 6.08 Å². The minimum Gasteiger partial charge on any atom is -0.673 e. The van der Waals surface area contributed by atoms with E-state index >= 15 is 0 Å². The first-order chi connectivity index (χ1) is 9.27. The Labute approximate surface area is 170 Å². The Morgan fingerprint density at radius 1 is 1.12 bits per heavy atom. The number of benzene rings is 1. The van der Waals surface area contributed by atoms with Crippen LogP contribution in [0.1, 0.15) is 33.3 Å². The molecule has 0 saturated heterocycles. The van der Waals surface area contributed by atoms with Crippen LogP contribution in [0.5, 0.6) is 0 Å². The van der Waals surface area contributed by atoms with Crippen LogP contribution < -0.4 is 0 Å². The zero-order valence-corrected chi connectivity index (χ0v) is 19.0. The van der Waals surface area contributed by atoms with E-state index in [9.17, 15) is 0 Å². The van der Waals surface area contributed by atoms with Crippen LogP contribution in [-0.4, -0.2) is 16.5 Å². The summed E-state index contributed by atoms with van der Waals surface area (Å²) < 4.78 is 0. The first-order valence-electron chi connectivity index (χ1n) is 6.88. The molecule has 0 heterocycles. The van der Waals surface area contributed by atoms with Crippen molar-refractivity contribution in [3.63, 3.8) is 0 Å². The second-order valence-corrected chi connectivity index (χ2v) is 5.67. The van der Waals surface area contributed by atoms with Gasteiger partial charge in [-0.05, 0) is 6.92 Å². The van der Waals surface area contributed by atoms with Crippen LogP contribution in [0.15, 0.2) is 61.2 Å². The summed E-state index contributed by atoms with van der Waals surface area (Å²) in [5, 5.41) is 2.69. The minimum atomic E-state index is -0.250. The molecule has 130 valence electrons. The number of hydrogen-bond donors (Lipinski definition) is 0. The largest absolute Gasteiger partial charge is 4.00 e. The van der Waals surface area contributed by atoms with Gasteiger partial charge in [-0.25, -0.2) is 0 Å². The quantitative estimate of drug-likeness (QED) is 0.292. The van der Waals surface area contributed by atoms with Gasteiger partial charge in [0.15, 0.2) is 0 Å². The molecule has 0 bridgehead atoms. The van der Waals surface area contributed by atoms with E-state index in [0.29, 0.717) is 0 Å². The van der Waals surface area contributed by atoms with Gasteiger partial charge in [0.1, 0.15) is 0 Å². The Balaban J connectivity index is -0.0000000764. The summed E-state index contributed by atoms with van der Waals surface area (Å²) in [6, 6.07) is 12.8. The number of fused-ring (bicyclic) bond motifs is 1. The summed E-state index contributed by atoms with van der Waals surface area (Å²) in [6.45, 7) is 13.1. The van der Waals surface area contributed by atoms with Crippen molar-refractivity contribution in [2.24, 2.45) is 0 Å². The normalized spacial score (nSPS) is 8.75. The minimum absolute atomic E-state index is 0. The van der Waals surface area contributed by atoms with Crippen LogP contribution in [0.4, 0.5) is 0 Å². The molecule has 0 atom stereocenters. The molecule has 3 heteroatoms. The predicted octanol–water partition coefficient (Wildman–Crippen LogP) is 6.97. The van der Waals surface area contributed by atoms with Crippen molar-refractivity contribution >= 4 is 21.7 Å². The molecule has 0 aliphatic carbocycles. The first kappa shape index (κ1) is 34.5. The van der Waals surface area contributed by atoms with Crippen molar-refractivity contribution < 1.29 is 21.7 Å². The fourth-order valence-corrected chi connectivity index (χ4v) is 1.44. The van der Waals surface area contributed by atoms with Gasteiger partial charge < -0.3 is 20.6 Å². The topological polar surface area (TPSA) is 23.8 Å². The van der Waals surface area contributed by atoms with Crippen LogP contribution in [0.25, 0.3) is 16.5 Å². The number of rotatable bonds is 1. The molecule has 2 aromatic carbocycles. The maximum atomic E-state index is 6.94. The predicted molar refractivity (Wildman–Crippen MR) is 112 cm³/mol. The average Bonchev–Trinajstić information content (AvgIpc) is 2.68. The molecular formula is C21H33NSiTi. The Morgan fingerprint density at radius 3 is 1.92 bits per heavy atom. The van der Waals surface area contributed by atoms with E-state index in [2.05, 4.69) is 49.9 Å².